The summed E-state index contributed by atoms with van der Waals surface area (Å²) in [6.07, 6.45) is 0. The second-order valence-electron chi connectivity index (χ2n) is 4.58. The lowest BCUT2D eigenvalue weighted by atomic mass is 10.2. The van der Waals surface area contributed by atoms with Crippen molar-refractivity contribution in [2.24, 2.45) is 0 Å². The molecule has 0 fully saturated rings. The Morgan fingerprint density at radius 3 is 2.74 bits per heavy atom. The van der Waals surface area contributed by atoms with Gasteiger partial charge in [-0.25, -0.2) is 4.79 Å². The second kappa shape index (κ2) is 7.01. The number of thiophene rings is 1. The number of nitrogens with zero attached hydrogens (tertiary/aromatic N) is 1. The Hall–Kier alpha value is -2.74. The molecule has 1 N–H and O–H groups in total. The average molecular weight is 334 g/mol. The highest BCUT2D eigenvalue weighted by Gasteiger charge is 2.19. The third-order valence-electron chi connectivity index (χ3n) is 2.90. The standard InChI is InChI=1S/C15H14N2O5S/c1-3-22-15(19)12-7-9(2)23-14(12)16-13(18)10-5-4-6-11(8-10)17(20)21/h4-8H,3H2,1-2H3,(H,16,18). The molecule has 0 aliphatic carbocycles. The zero-order valence-electron chi connectivity index (χ0n) is 12.5. The van der Waals surface area contributed by atoms with Crippen LogP contribution in [0.15, 0.2) is 30.3 Å². The van der Waals surface area contributed by atoms with Crippen molar-refractivity contribution in [3.8, 4) is 0 Å². The Morgan fingerprint density at radius 1 is 1.35 bits per heavy atom. The van der Waals surface area contributed by atoms with Gasteiger partial charge in [0.1, 0.15) is 5.00 Å². The van der Waals surface area contributed by atoms with E-state index in [1.165, 1.54) is 35.6 Å². The van der Waals surface area contributed by atoms with E-state index in [9.17, 15) is 19.7 Å². The molecule has 0 saturated heterocycles. The number of nitrogens with one attached hydrogen (secondary N) is 1. The molecule has 0 bridgehead atoms. The molecule has 1 aromatic heterocycles. The van der Waals surface area contributed by atoms with Gasteiger partial charge in [0.05, 0.1) is 17.1 Å². The van der Waals surface area contributed by atoms with Crippen molar-refractivity contribution in [2.45, 2.75) is 13.8 Å². The van der Waals surface area contributed by atoms with E-state index in [4.69, 9.17) is 4.74 Å². The highest BCUT2D eigenvalue weighted by molar-refractivity contribution is 7.16. The summed E-state index contributed by atoms with van der Waals surface area (Å²) in [5, 5.41) is 13.7. The zero-order chi connectivity index (χ0) is 17.0. The van der Waals surface area contributed by atoms with Gasteiger partial charge in [0.25, 0.3) is 11.6 Å². The number of aryl methyl sites for hydroxylation is 1. The maximum atomic E-state index is 12.3. The number of esters is 1. The summed E-state index contributed by atoms with van der Waals surface area (Å²) in [6.45, 7) is 3.72. The van der Waals surface area contributed by atoms with Crippen LogP contribution in [0.2, 0.25) is 0 Å². The predicted octanol–water partition coefficient (Wildman–Crippen LogP) is 3.39. The van der Waals surface area contributed by atoms with Crippen molar-refractivity contribution >= 4 is 33.9 Å². The maximum Gasteiger partial charge on any atom is 0.341 e. The van der Waals surface area contributed by atoms with Crippen LogP contribution in [0.25, 0.3) is 0 Å². The molecule has 2 aromatic rings. The van der Waals surface area contributed by atoms with Gasteiger partial charge < -0.3 is 10.1 Å². The molecule has 0 unspecified atom stereocenters. The first kappa shape index (κ1) is 16.6. The predicted molar refractivity (Wildman–Crippen MR) is 86.1 cm³/mol. The Kier molecular flexibility index (Phi) is 5.07. The van der Waals surface area contributed by atoms with Crippen molar-refractivity contribution in [1.29, 1.82) is 0 Å². The molecule has 120 valence electrons. The second-order valence-corrected chi connectivity index (χ2v) is 5.84. The lowest BCUT2D eigenvalue weighted by Gasteiger charge is -2.06. The third-order valence-corrected chi connectivity index (χ3v) is 3.86. The van der Waals surface area contributed by atoms with Crippen molar-refractivity contribution in [1.82, 2.24) is 0 Å². The van der Waals surface area contributed by atoms with Gasteiger partial charge in [0, 0.05) is 22.6 Å². The Bertz CT molecular complexity index is 769. The third kappa shape index (κ3) is 3.92. The lowest BCUT2D eigenvalue weighted by molar-refractivity contribution is -0.384. The summed E-state index contributed by atoms with van der Waals surface area (Å²) >= 11 is 1.24. The Morgan fingerprint density at radius 2 is 2.09 bits per heavy atom. The first-order chi connectivity index (χ1) is 10.9. The van der Waals surface area contributed by atoms with Crippen LogP contribution in [0, 0.1) is 17.0 Å². The zero-order valence-corrected chi connectivity index (χ0v) is 13.3. The van der Waals surface area contributed by atoms with Crippen LogP contribution in [0.1, 0.15) is 32.5 Å². The lowest BCUT2D eigenvalue weighted by Crippen LogP contribution is -2.14. The smallest absolute Gasteiger partial charge is 0.341 e. The number of nitro benzene ring substituents is 1. The molecule has 0 atom stereocenters. The molecular weight excluding hydrogens is 320 g/mol. The van der Waals surface area contributed by atoms with Crippen LogP contribution in [-0.4, -0.2) is 23.4 Å². The molecule has 0 radical (unpaired) electrons. The molecule has 1 amide bonds. The molecule has 2 rings (SSSR count). The highest BCUT2D eigenvalue weighted by atomic mass is 32.1. The van der Waals surface area contributed by atoms with Crippen LogP contribution in [0.3, 0.4) is 0 Å². The minimum Gasteiger partial charge on any atom is -0.462 e. The number of carbonyl (C=O) groups excluding carboxylic acids is 2. The Balaban J connectivity index is 2.25. The van der Waals surface area contributed by atoms with E-state index in [0.29, 0.717) is 5.00 Å². The summed E-state index contributed by atoms with van der Waals surface area (Å²) in [6, 6.07) is 7.01. The van der Waals surface area contributed by atoms with Gasteiger partial charge in [0.2, 0.25) is 0 Å². The van der Waals surface area contributed by atoms with E-state index in [-0.39, 0.29) is 23.4 Å². The van der Waals surface area contributed by atoms with E-state index in [2.05, 4.69) is 5.32 Å². The number of ether oxygens (including phenoxy) is 1. The van der Waals surface area contributed by atoms with E-state index >= 15 is 0 Å². The van der Waals surface area contributed by atoms with Gasteiger partial charge in [-0.05, 0) is 26.0 Å². The Labute approximate surface area is 136 Å². The van der Waals surface area contributed by atoms with Gasteiger partial charge in [-0.15, -0.1) is 11.3 Å². The van der Waals surface area contributed by atoms with Crippen LogP contribution in [-0.2, 0) is 4.74 Å². The number of hydrogen-bond acceptors (Lipinski definition) is 6. The normalized spacial score (nSPS) is 10.2. The molecule has 1 aromatic carbocycles. The fourth-order valence-corrected chi connectivity index (χ4v) is 2.80. The van der Waals surface area contributed by atoms with E-state index in [1.54, 1.807) is 19.9 Å². The summed E-state index contributed by atoms with van der Waals surface area (Å²) in [5.41, 5.74) is 0.235. The van der Waals surface area contributed by atoms with Gasteiger partial charge in [-0.1, -0.05) is 6.07 Å². The van der Waals surface area contributed by atoms with Crippen LogP contribution < -0.4 is 5.32 Å². The molecule has 0 saturated carbocycles. The number of rotatable bonds is 5. The number of amides is 1. The van der Waals surface area contributed by atoms with Gasteiger partial charge in [-0.2, -0.15) is 0 Å². The first-order valence-corrected chi connectivity index (χ1v) is 7.57. The molecule has 0 aliphatic heterocycles. The van der Waals surface area contributed by atoms with Crippen LogP contribution in [0.5, 0.6) is 0 Å². The molecule has 1 heterocycles. The number of benzene rings is 1. The monoisotopic (exact) mass is 334 g/mol. The number of hydrogen-bond donors (Lipinski definition) is 1. The van der Waals surface area contributed by atoms with Gasteiger partial charge in [0.15, 0.2) is 0 Å². The van der Waals surface area contributed by atoms with Crippen molar-refractivity contribution in [3.05, 3.63) is 56.5 Å². The van der Waals surface area contributed by atoms with Gasteiger partial charge in [-0.3, -0.25) is 14.9 Å². The van der Waals surface area contributed by atoms with Crippen LogP contribution >= 0.6 is 11.3 Å². The number of anilines is 1. The van der Waals surface area contributed by atoms with E-state index in [1.807, 2.05) is 0 Å². The summed E-state index contributed by atoms with van der Waals surface area (Å²) in [7, 11) is 0. The number of nitro groups is 1. The summed E-state index contributed by atoms with van der Waals surface area (Å²) in [4.78, 5) is 35.2. The fourth-order valence-electron chi connectivity index (χ4n) is 1.90. The van der Waals surface area contributed by atoms with Crippen LogP contribution in [0.4, 0.5) is 10.7 Å². The van der Waals surface area contributed by atoms with Crippen molar-refractivity contribution in [2.75, 3.05) is 11.9 Å². The number of non-ortho nitro benzene ring substituents is 1. The maximum absolute atomic E-state index is 12.3. The van der Waals surface area contributed by atoms with E-state index < -0.39 is 16.8 Å². The van der Waals surface area contributed by atoms with Crippen molar-refractivity contribution < 1.29 is 19.2 Å². The SMILES string of the molecule is CCOC(=O)c1cc(C)sc1NC(=O)c1cccc([N+](=O)[O-])c1. The summed E-state index contributed by atoms with van der Waals surface area (Å²) < 4.78 is 4.95. The largest absolute Gasteiger partial charge is 0.462 e. The average Bonchev–Trinajstić information content (AvgIpc) is 2.88. The fraction of sp³-hybridized carbons (Fsp3) is 0.200. The topological polar surface area (TPSA) is 98.5 Å². The minimum atomic E-state index is -0.573. The number of carbonyl (C=O) groups is 2. The van der Waals surface area contributed by atoms with Gasteiger partial charge >= 0.3 is 5.97 Å². The molecule has 23 heavy (non-hydrogen) atoms. The molecule has 8 heteroatoms. The molecular formula is C15H14N2O5S. The van der Waals surface area contributed by atoms with E-state index in [0.717, 1.165) is 4.88 Å². The quantitative estimate of drug-likeness (QED) is 0.513. The highest BCUT2D eigenvalue weighted by Crippen LogP contribution is 2.29. The summed E-state index contributed by atoms with van der Waals surface area (Å²) in [5.74, 6) is -1.05. The first-order valence-electron chi connectivity index (χ1n) is 6.75. The molecule has 0 spiro atoms. The van der Waals surface area contributed by atoms with Crippen molar-refractivity contribution in [3.63, 3.8) is 0 Å². The minimum absolute atomic E-state index is 0.139. The molecule has 7 nitrogen and oxygen atoms in total. The molecule has 0 aliphatic rings.